The minimum absolute atomic E-state index is 0.159. The van der Waals surface area contributed by atoms with Gasteiger partial charge < -0.3 is 19.9 Å². The van der Waals surface area contributed by atoms with Gasteiger partial charge in [0.15, 0.2) is 0 Å². The van der Waals surface area contributed by atoms with E-state index in [1.165, 1.54) is 12.7 Å². The van der Waals surface area contributed by atoms with Crippen LogP contribution in [0.5, 0.6) is 0 Å². The molecule has 0 aliphatic carbocycles. The summed E-state index contributed by atoms with van der Waals surface area (Å²) in [4.78, 5) is 26.7. The van der Waals surface area contributed by atoms with Gasteiger partial charge in [0.2, 0.25) is 0 Å². The van der Waals surface area contributed by atoms with E-state index in [1.54, 1.807) is 16.0 Å². The van der Waals surface area contributed by atoms with E-state index in [2.05, 4.69) is 10.1 Å². The molecule has 1 aromatic rings. The smallest absolute Gasteiger partial charge is 0.409 e. The Kier molecular flexibility index (Phi) is 5.41. The van der Waals surface area contributed by atoms with Crippen molar-refractivity contribution in [3.63, 3.8) is 0 Å². The Morgan fingerprint density at radius 1 is 1.09 bits per heavy atom. The monoisotopic (exact) mass is 303 g/mol. The highest BCUT2D eigenvalue weighted by atomic mass is 16.5. The summed E-state index contributed by atoms with van der Waals surface area (Å²) in [6, 6.07) is 7.87. The molecular formula is C16H21N3O3. The van der Waals surface area contributed by atoms with Gasteiger partial charge in [0.05, 0.1) is 7.11 Å². The summed E-state index contributed by atoms with van der Waals surface area (Å²) < 4.78 is 4.66. The number of hydrogen-bond acceptors (Lipinski definition) is 3. The maximum absolute atomic E-state index is 12.0. The largest absolute Gasteiger partial charge is 0.453 e. The number of methoxy groups -OCH3 is 1. The number of hydrogen-bond donors (Lipinski definition) is 1. The van der Waals surface area contributed by atoms with Crippen molar-refractivity contribution >= 4 is 18.2 Å². The molecule has 6 nitrogen and oxygen atoms in total. The normalized spacial score (nSPS) is 15.0. The SMILES string of the molecule is COC(=O)N1CCN(C(=O)N/C=C/c2ccc(C)cc2)CC1. The number of rotatable bonds is 2. The summed E-state index contributed by atoms with van der Waals surface area (Å²) >= 11 is 0. The van der Waals surface area contributed by atoms with E-state index in [9.17, 15) is 9.59 Å². The van der Waals surface area contributed by atoms with Gasteiger partial charge in [0.1, 0.15) is 0 Å². The topological polar surface area (TPSA) is 61.9 Å². The van der Waals surface area contributed by atoms with Crippen LogP contribution in [0.15, 0.2) is 30.5 Å². The third-order valence-corrected chi connectivity index (χ3v) is 3.56. The van der Waals surface area contributed by atoms with Crippen LogP contribution in [0.3, 0.4) is 0 Å². The van der Waals surface area contributed by atoms with Gasteiger partial charge in [-0.2, -0.15) is 0 Å². The lowest BCUT2D eigenvalue weighted by atomic mass is 10.1. The highest BCUT2D eigenvalue weighted by molar-refractivity contribution is 5.76. The second kappa shape index (κ2) is 7.49. The lowest BCUT2D eigenvalue weighted by Gasteiger charge is -2.33. The van der Waals surface area contributed by atoms with Crippen molar-refractivity contribution in [2.45, 2.75) is 6.92 Å². The molecule has 0 spiro atoms. The first kappa shape index (κ1) is 15.9. The van der Waals surface area contributed by atoms with Crippen molar-refractivity contribution in [3.8, 4) is 0 Å². The zero-order valence-corrected chi connectivity index (χ0v) is 12.9. The quantitative estimate of drug-likeness (QED) is 0.909. The summed E-state index contributed by atoms with van der Waals surface area (Å²) in [5, 5.41) is 2.75. The van der Waals surface area contributed by atoms with Gasteiger partial charge in [0, 0.05) is 32.4 Å². The van der Waals surface area contributed by atoms with E-state index >= 15 is 0 Å². The van der Waals surface area contributed by atoms with Crippen LogP contribution in [-0.2, 0) is 4.74 Å². The predicted octanol–water partition coefficient (Wildman–Crippen LogP) is 2.06. The maximum atomic E-state index is 12.0. The van der Waals surface area contributed by atoms with E-state index in [0.29, 0.717) is 26.2 Å². The van der Waals surface area contributed by atoms with Crippen LogP contribution in [-0.4, -0.2) is 55.2 Å². The van der Waals surface area contributed by atoms with E-state index in [4.69, 9.17) is 0 Å². The Hall–Kier alpha value is -2.50. The van der Waals surface area contributed by atoms with Crippen LogP contribution >= 0.6 is 0 Å². The minimum Gasteiger partial charge on any atom is -0.453 e. The molecular weight excluding hydrogens is 282 g/mol. The average Bonchev–Trinajstić information content (AvgIpc) is 2.56. The molecule has 1 heterocycles. The van der Waals surface area contributed by atoms with Crippen LogP contribution in [0.4, 0.5) is 9.59 Å². The summed E-state index contributed by atoms with van der Waals surface area (Å²) in [6.07, 6.45) is 3.14. The second-order valence-corrected chi connectivity index (χ2v) is 5.14. The van der Waals surface area contributed by atoms with Gasteiger partial charge in [0.25, 0.3) is 0 Å². The fourth-order valence-electron chi connectivity index (χ4n) is 2.20. The van der Waals surface area contributed by atoms with Gasteiger partial charge >= 0.3 is 12.1 Å². The van der Waals surface area contributed by atoms with Crippen molar-refractivity contribution < 1.29 is 14.3 Å². The predicted molar refractivity (Wildman–Crippen MR) is 84.3 cm³/mol. The van der Waals surface area contributed by atoms with Crippen LogP contribution in [0.1, 0.15) is 11.1 Å². The molecule has 1 aliphatic rings. The molecule has 2 rings (SSSR count). The molecule has 1 saturated heterocycles. The minimum atomic E-state index is -0.348. The zero-order chi connectivity index (χ0) is 15.9. The molecule has 0 unspecified atom stereocenters. The molecule has 3 amide bonds. The van der Waals surface area contributed by atoms with Gasteiger partial charge in [-0.25, -0.2) is 9.59 Å². The summed E-state index contributed by atoms with van der Waals surface area (Å²) in [5.41, 5.74) is 2.23. The molecule has 1 aliphatic heterocycles. The maximum Gasteiger partial charge on any atom is 0.409 e. The van der Waals surface area contributed by atoms with E-state index in [0.717, 1.165) is 5.56 Å². The van der Waals surface area contributed by atoms with Gasteiger partial charge in [-0.05, 0) is 18.6 Å². The summed E-state index contributed by atoms with van der Waals surface area (Å²) in [6.45, 7) is 4.01. The highest BCUT2D eigenvalue weighted by Gasteiger charge is 2.23. The Morgan fingerprint density at radius 2 is 1.68 bits per heavy atom. The van der Waals surface area contributed by atoms with Crippen molar-refractivity contribution in [1.82, 2.24) is 15.1 Å². The number of benzene rings is 1. The summed E-state index contributed by atoms with van der Waals surface area (Å²) in [5.74, 6) is 0. The number of nitrogens with one attached hydrogen (secondary N) is 1. The third-order valence-electron chi connectivity index (χ3n) is 3.56. The second-order valence-electron chi connectivity index (χ2n) is 5.14. The third kappa shape index (κ3) is 4.25. The molecule has 0 atom stereocenters. The molecule has 118 valence electrons. The first-order valence-electron chi connectivity index (χ1n) is 7.21. The van der Waals surface area contributed by atoms with Gasteiger partial charge in [-0.1, -0.05) is 29.8 Å². The molecule has 1 fully saturated rings. The van der Waals surface area contributed by atoms with Crippen molar-refractivity contribution in [2.75, 3.05) is 33.3 Å². The number of carbonyl (C=O) groups is 2. The van der Waals surface area contributed by atoms with Crippen LogP contribution in [0.2, 0.25) is 0 Å². The number of nitrogens with zero attached hydrogens (tertiary/aromatic N) is 2. The molecule has 22 heavy (non-hydrogen) atoms. The molecule has 0 aromatic heterocycles. The Labute approximate surface area is 130 Å². The van der Waals surface area contributed by atoms with E-state index in [1.807, 2.05) is 37.3 Å². The van der Waals surface area contributed by atoms with Crippen molar-refractivity contribution in [3.05, 3.63) is 41.6 Å². The Morgan fingerprint density at radius 3 is 2.27 bits per heavy atom. The fraction of sp³-hybridized carbons (Fsp3) is 0.375. The standard InChI is InChI=1S/C16H21N3O3/c1-13-3-5-14(6-4-13)7-8-17-15(20)18-9-11-19(12-10-18)16(21)22-2/h3-8H,9-12H2,1-2H3,(H,17,20)/b8-7+. The Bertz CT molecular complexity index is 546. The number of ether oxygens (including phenoxy) is 1. The number of carbonyl (C=O) groups excluding carboxylic acids is 2. The average molecular weight is 303 g/mol. The molecule has 1 N–H and O–H groups in total. The van der Waals surface area contributed by atoms with Gasteiger partial charge in [-0.15, -0.1) is 0 Å². The lowest BCUT2D eigenvalue weighted by Crippen LogP contribution is -2.52. The first-order valence-corrected chi connectivity index (χ1v) is 7.21. The highest BCUT2D eigenvalue weighted by Crippen LogP contribution is 2.05. The van der Waals surface area contributed by atoms with Crippen LogP contribution in [0.25, 0.3) is 6.08 Å². The zero-order valence-electron chi connectivity index (χ0n) is 12.9. The van der Waals surface area contributed by atoms with Crippen LogP contribution < -0.4 is 5.32 Å². The Balaban J connectivity index is 1.78. The molecule has 6 heteroatoms. The molecule has 0 bridgehead atoms. The van der Waals surface area contributed by atoms with Gasteiger partial charge in [-0.3, -0.25) is 0 Å². The van der Waals surface area contributed by atoms with Crippen LogP contribution in [0, 0.1) is 6.92 Å². The fourth-order valence-corrected chi connectivity index (χ4v) is 2.20. The number of urea groups is 1. The number of amides is 3. The molecule has 0 radical (unpaired) electrons. The van der Waals surface area contributed by atoms with Crippen molar-refractivity contribution in [1.29, 1.82) is 0 Å². The van der Waals surface area contributed by atoms with Crippen molar-refractivity contribution in [2.24, 2.45) is 0 Å². The van der Waals surface area contributed by atoms with E-state index < -0.39 is 0 Å². The molecule has 0 saturated carbocycles. The summed E-state index contributed by atoms with van der Waals surface area (Å²) in [7, 11) is 1.36. The number of aryl methyl sites for hydroxylation is 1. The number of piperazine rings is 1. The first-order chi connectivity index (χ1) is 10.6. The lowest BCUT2D eigenvalue weighted by molar-refractivity contribution is 0.0977. The molecule has 1 aromatic carbocycles. The van der Waals surface area contributed by atoms with E-state index in [-0.39, 0.29) is 12.1 Å².